The molecule has 2 heterocycles. The first-order valence-corrected chi connectivity index (χ1v) is 20.9. The number of nitrogens with one attached hydrogen (secondary N) is 2. The molecule has 4 saturated carbocycles. The summed E-state index contributed by atoms with van der Waals surface area (Å²) >= 11 is 0. The van der Waals surface area contributed by atoms with E-state index in [4.69, 9.17) is 10.5 Å². The number of fused-ring (bicyclic) bond motifs is 2. The highest BCUT2D eigenvalue weighted by Crippen LogP contribution is 2.72. The highest BCUT2D eigenvalue weighted by Gasteiger charge is 2.73. The normalized spacial score (nSPS) is 48.2. The van der Waals surface area contributed by atoms with E-state index in [1.54, 1.807) is 13.8 Å². The van der Waals surface area contributed by atoms with Crippen molar-refractivity contribution in [2.75, 3.05) is 13.2 Å². The Morgan fingerprint density at radius 2 is 1.83 bits per heavy atom. The molecule has 5 fully saturated rings. The van der Waals surface area contributed by atoms with E-state index >= 15 is 4.79 Å². The summed E-state index contributed by atoms with van der Waals surface area (Å²) in [5.41, 5.74) is 3.10. The fourth-order valence-corrected chi connectivity index (χ4v) is 13.7. The maximum absolute atomic E-state index is 15.1. The fourth-order valence-electron chi connectivity index (χ4n) is 13.7. The van der Waals surface area contributed by atoms with E-state index in [0.29, 0.717) is 49.0 Å². The van der Waals surface area contributed by atoms with Gasteiger partial charge in [0.1, 0.15) is 6.10 Å². The molecule has 0 aromatic rings. The molecule has 0 aromatic heterocycles. The van der Waals surface area contributed by atoms with E-state index in [-0.39, 0.29) is 61.4 Å². The number of carbonyl (C=O) groups is 1. The van der Waals surface area contributed by atoms with Gasteiger partial charge in [-0.2, -0.15) is 0 Å². The first-order chi connectivity index (χ1) is 25.5. The van der Waals surface area contributed by atoms with Crippen LogP contribution >= 0.6 is 0 Å². The van der Waals surface area contributed by atoms with Crippen LogP contribution in [0.3, 0.4) is 0 Å². The topological polar surface area (TPSA) is 198 Å². The van der Waals surface area contributed by atoms with Gasteiger partial charge < -0.3 is 51.7 Å². The maximum Gasteiger partial charge on any atom is 0.182 e. The van der Waals surface area contributed by atoms with Crippen LogP contribution in [0.15, 0.2) is 47.3 Å². The summed E-state index contributed by atoms with van der Waals surface area (Å²) in [6.07, 6.45) is 12.2. The SMILES string of the molecule is CC(O)CNC1=C2C3C(C=CC(C4=CNC(N)C=C4)CC34CC(O)C(O)CC4C1=O)CC1(C)C(C(C)(O)C(O)C3OCC(C4CCCC4)C3C)CCC21O. The Kier molecular flexibility index (Phi) is 9.90. The van der Waals surface area contributed by atoms with Crippen LogP contribution in [0.2, 0.25) is 0 Å². The largest absolute Gasteiger partial charge is 0.392 e. The van der Waals surface area contributed by atoms with Crippen molar-refractivity contribution >= 4 is 5.78 Å². The van der Waals surface area contributed by atoms with Crippen LogP contribution in [-0.4, -0.2) is 97.5 Å². The van der Waals surface area contributed by atoms with Gasteiger partial charge in [-0.1, -0.05) is 57.8 Å². The molecule has 0 aromatic carbocycles. The molecule has 54 heavy (non-hydrogen) atoms. The van der Waals surface area contributed by atoms with Gasteiger partial charge in [0.05, 0.1) is 54.1 Å². The van der Waals surface area contributed by atoms with Gasteiger partial charge in [0.2, 0.25) is 0 Å². The minimum Gasteiger partial charge on any atom is -0.392 e. The second kappa shape index (κ2) is 13.8. The summed E-state index contributed by atoms with van der Waals surface area (Å²) in [5.74, 6) is -1.07. The second-order valence-corrected chi connectivity index (χ2v) is 19.4. The van der Waals surface area contributed by atoms with E-state index < -0.39 is 64.4 Å². The minimum absolute atomic E-state index is 0.0760. The zero-order valence-electron chi connectivity index (χ0n) is 32.5. The first kappa shape index (κ1) is 38.8. The van der Waals surface area contributed by atoms with Crippen LogP contribution in [0.4, 0.5) is 0 Å². The number of ether oxygens (including phenoxy) is 1. The summed E-state index contributed by atoms with van der Waals surface area (Å²) in [5, 5.41) is 77.9. The third-order valence-corrected chi connectivity index (χ3v) is 16.4. The minimum atomic E-state index is -1.62. The van der Waals surface area contributed by atoms with Gasteiger partial charge >= 0.3 is 0 Å². The summed E-state index contributed by atoms with van der Waals surface area (Å²) < 4.78 is 6.36. The molecule has 1 spiro atoms. The van der Waals surface area contributed by atoms with Crippen molar-refractivity contribution in [1.29, 1.82) is 0 Å². The average molecular weight is 752 g/mol. The number of aliphatic hydroxyl groups is 6. The number of aliphatic hydroxyl groups excluding tert-OH is 4. The molecule has 8 rings (SSSR count). The number of nitrogens with two attached hydrogens (primary N) is 1. The lowest BCUT2D eigenvalue weighted by Gasteiger charge is -2.64. The highest BCUT2D eigenvalue weighted by atomic mass is 16.5. The molecule has 300 valence electrons. The molecule has 8 aliphatic rings. The van der Waals surface area contributed by atoms with Crippen LogP contribution in [0, 0.1) is 58.2 Å². The molecule has 17 atom stereocenters. The predicted molar refractivity (Wildman–Crippen MR) is 203 cm³/mol. The molecule has 2 aliphatic heterocycles. The van der Waals surface area contributed by atoms with Gasteiger partial charge in [-0.05, 0) is 111 Å². The molecular formula is C43H65N3O8. The molecule has 1 saturated heterocycles. The third-order valence-electron chi connectivity index (χ3n) is 16.4. The third kappa shape index (κ3) is 5.77. The smallest absolute Gasteiger partial charge is 0.182 e. The van der Waals surface area contributed by atoms with Crippen LogP contribution in [0.1, 0.15) is 91.9 Å². The zero-order chi connectivity index (χ0) is 38.5. The van der Waals surface area contributed by atoms with Gasteiger partial charge in [0, 0.05) is 30.0 Å². The molecule has 11 nitrogen and oxygen atoms in total. The number of hydrogen-bond donors (Lipinski definition) is 9. The molecule has 0 bridgehead atoms. The van der Waals surface area contributed by atoms with E-state index in [1.807, 2.05) is 25.3 Å². The van der Waals surface area contributed by atoms with Gasteiger partial charge in [-0.3, -0.25) is 4.79 Å². The average Bonchev–Trinajstić information content (AvgIpc) is 3.82. The molecule has 0 amide bonds. The Morgan fingerprint density at radius 1 is 1.09 bits per heavy atom. The van der Waals surface area contributed by atoms with E-state index in [9.17, 15) is 30.6 Å². The summed E-state index contributed by atoms with van der Waals surface area (Å²) in [6, 6.07) is 0. The van der Waals surface area contributed by atoms with Crippen molar-refractivity contribution in [2.45, 2.75) is 140 Å². The monoisotopic (exact) mass is 751 g/mol. The van der Waals surface area contributed by atoms with E-state index in [0.717, 1.165) is 5.57 Å². The number of ketones is 1. The van der Waals surface area contributed by atoms with Crippen molar-refractivity contribution < 1.29 is 40.2 Å². The molecule has 6 aliphatic carbocycles. The summed E-state index contributed by atoms with van der Waals surface area (Å²) in [4.78, 5) is 15.1. The molecule has 10 N–H and O–H groups in total. The molecular weight excluding hydrogens is 686 g/mol. The maximum atomic E-state index is 15.1. The lowest BCUT2D eigenvalue weighted by molar-refractivity contribution is -0.201. The summed E-state index contributed by atoms with van der Waals surface area (Å²) in [7, 11) is 0. The van der Waals surface area contributed by atoms with E-state index in [2.05, 4.69) is 29.7 Å². The number of allylic oxidation sites excluding steroid dienone is 5. The second-order valence-electron chi connectivity index (χ2n) is 19.4. The molecule has 0 radical (unpaired) electrons. The van der Waals surface area contributed by atoms with Crippen molar-refractivity contribution in [3.8, 4) is 0 Å². The highest BCUT2D eigenvalue weighted by molar-refractivity contribution is 6.00. The van der Waals surface area contributed by atoms with Crippen LogP contribution in [-0.2, 0) is 9.53 Å². The number of carbonyl (C=O) groups excluding carboxylic acids is 1. The number of dihydropyridines is 1. The van der Waals surface area contributed by atoms with Gasteiger partial charge in [-0.25, -0.2) is 0 Å². The summed E-state index contributed by atoms with van der Waals surface area (Å²) in [6.45, 7) is 8.21. The Labute approximate surface area is 320 Å². The van der Waals surface area contributed by atoms with E-state index in [1.165, 1.54) is 25.7 Å². The van der Waals surface area contributed by atoms with Gasteiger partial charge in [0.15, 0.2) is 5.78 Å². The fraction of sp³-hybridized carbons (Fsp3) is 0.791. The Balaban J connectivity index is 1.23. The molecule has 17 unspecified atom stereocenters. The van der Waals surface area contributed by atoms with Crippen molar-refractivity contribution in [1.82, 2.24) is 10.6 Å². The Hall–Kier alpha value is -2.09. The van der Waals surface area contributed by atoms with Crippen molar-refractivity contribution in [3.63, 3.8) is 0 Å². The van der Waals surface area contributed by atoms with Gasteiger partial charge in [0.25, 0.3) is 0 Å². The van der Waals surface area contributed by atoms with Crippen LogP contribution in [0.25, 0.3) is 0 Å². The standard InChI is InChI=1S/C43H65N3O8/c1-22(47)19-46-36-35-34-26(10-9-25(27-11-12-33(44)45-20-27)17-42(34)18-31(49)30(48)15-29(42)37(36)50)16-40(3)32(13-14-43(35,40)53)41(4,52)39(51)38-23(2)28(21-54-38)24-7-5-6-8-24/h9-12,20,22-26,28-34,38-39,45-49,51-53H,5-8,13-19,21,44H2,1-4H3. The lowest BCUT2D eigenvalue weighted by atomic mass is 9.41. The number of Topliss-reactive ketones (excluding diaryl/α,β-unsaturated/α-hetero) is 1. The number of rotatable bonds is 8. The Morgan fingerprint density at radius 3 is 2.52 bits per heavy atom. The van der Waals surface area contributed by atoms with Crippen LogP contribution < -0.4 is 16.4 Å². The van der Waals surface area contributed by atoms with Crippen molar-refractivity contribution in [2.24, 2.45) is 63.9 Å². The quantitative estimate of drug-likeness (QED) is 0.165. The first-order valence-electron chi connectivity index (χ1n) is 20.9. The predicted octanol–water partition coefficient (Wildman–Crippen LogP) is 2.55. The van der Waals surface area contributed by atoms with Crippen molar-refractivity contribution in [3.05, 3.63) is 47.3 Å². The zero-order valence-corrected chi connectivity index (χ0v) is 32.5. The lowest BCUT2D eigenvalue weighted by Crippen LogP contribution is -2.67. The van der Waals surface area contributed by atoms with Crippen LogP contribution in [0.5, 0.6) is 0 Å². The van der Waals surface area contributed by atoms with Gasteiger partial charge in [-0.15, -0.1) is 0 Å². The number of hydrogen-bond acceptors (Lipinski definition) is 11. The molecule has 11 heteroatoms. The Bertz CT molecular complexity index is 1600.